The molecule has 0 saturated heterocycles. The van der Waals surface area contributed by atoms with Crippen LogP contribution >= 0.6 is 11.6 Å². The van der Waals surface area contributed by atoms with Crippen LogP contribution in [0.25, 0.3) is 0 Å². The summed E-state index contributed by atoms with van der Waals surface area (Å²) in [6.45, 7) is 0.368. The Balaban J connectivity index is 1.99. The van der Waals surface area contributed by atoms with Crippen molar-refractivity contribution in [1.29, 1.82) is 0 Å². The molecule has 0 aliphatic heterocycles. The zero-order valence-corrected chi connectivity index (χ0v) is 13.0. The summed E-state index contributed by atoms with van der Waals surface area (Å²) in [5.74, 6) is -1.72. The monoisotopic (exact) mass is 332 g/mol. The number of aliphatic hydroxyl groups is 1. The first-order valence-corrected chi connectivity index (χ1v) is 7.61. The summed E-state index contributed by atoms with van der Waals surface area (Å²) < 4.78 is 26.6. The van der Waals surface area contributed by atoms with Crippen molar-refractivity contribution in [3.05, 3.63) is 28.8 Å². The molecule has 0 aromatic heterocycles. The van der Waals surface area contributed by atoms with E-state index >= 15 is 0 Å². The number of urea groups is 1. The highest BCUT2D eigenvalue weighted by atomic mass is 35.5. The molecule has 1 saturated carbocycles. The Bertz CT molecular complexity index is 533. The second-order valence-corrected chi connectivity index (χ2v) is 6.07. The molecule has 22 heavy (non-hydrogen) atoms. The van der Waals surface area contributed by atoms with Crippen molar-refractivity contribution < 1.29 is 18.7 Å². The van der Waals surface area contributed by atoms with E-state index in [1.54, 1.807) is 7.05 Å². The van der Waals surface area contributed by atoms with Gasteiger partial charge in [-0.2, -0.15) is 0 Å². The molecule has 1 aliphatic carbocycles. The summed E-state index contributed by atoms with van der Waals surface area (Å²) in [6.07, 6.45) is 3.18. The number of hydrogen-bond acceptors (Lipinski definition) is 2. The highest BCUT2D eigenvalue weighted by molar-refractivity contribution is 6.33. The van der Waals surface area contributed by atoms with Crippen LogP contribution in [0.4, 0.5) is 19.3 Å². The van der Waals surface area contributed by atoms with Gasteiger partial charge in [0.15, 0.2) is 5.82 Å². The van der Waals surface area contributed by atoms with Crippen molar-refractivity contribution in [3.63, 3.8) is 0 Å². The molecule has 7 heteroatoms. The summed E-state index contributed by atoms with van der Waals surface area (Å²) in [7, 11) is 1.56. The molecule has 4 nitrogen and oxygen atoms in total. The standard InChI is InChI=1S/C15H19ClF2N2O2/c1-20(8-9-4-2-3-5-13(9)21)15(22)19-14-11(16)6-10(17)7-12(14)18/h6-7,9,13,21H,2-5,8H2,1H3,(H,19,22). The van der Waals surface area contributed by atoms with Crippen molar-refractivity contribution in [1.82, 2.24) is 4.90 Å². The Morgan fingerprint density at radius 3 is 2.73 bits per heavy atom. The average Bonchev–Trinajstić information content (AvgIpc) is 2.45. The molecule has 1 aliphatic rings. The third-order valence-corrected chi connectivity index (χ3v) is 4.26. The summed E-state index contributed by atoms with van der Waals surface area (Å²) in [6, 6.07) is 1.04. The van der Waals surface area contributed by atoms with Gasteiger partial charge in [0.2, 0.25) is 0 Å². The van der Waals surface area contributed by atoms with E-state index in [2.05, 4.69) is 5.32 Å². The average molecular weight is 333 g/mol. The predicted octanol–water partition coefficient (Wildman–Crippen LogP) is 3.63. The lowest BCUT2D eigenvalue weighted by atomic mass is 9.86. The molecule has 2 rings (SSSR count). The Kier molecular flexibility index (Phi) is 5.58. The molecule has 0 spiro atoms. The fourth-order valence-corrected chi connectivity index (χ4v) is 2.94. The Labute approximate surface area is 133 Å². The van der Waals surface area contributed by atoms with Gasteiger partial charge in [0.1, 0.15) is 5.82 Å². The molecule has 2 amide bonds. The molecular formula is C15H19ClF2N2O2. The third kappa shape index (κ3) is 4.08. The highest BCUT2D eigenvalue weighted by Crippen LogP contribution is 2.28. The molecule has 2 N–H and O–H groups in total. The minimum absolute atomic E-state index is 0.0121. The first kappa shape index (κ1) is 17.0. The van der Waals surface area contributed by atoms with E-state index in [4.69, 9.17) is 11.6 Å². The number of amides is 2. The van der Waals surface area contributed by atoms with E-state index in [0.717, 1.165) is 31.7 Å². The Morgan fingerprint density at radius 2 is 2.09 bits per heavy atom. The van der Waals surface area contributed by atoms with Crippen LogP contribution in [0.15, 0.2) is 12.1 Å². The highest BCUT2D eigenvalue weighted by Gasteiger charge is 2.26. The summed E-state index contributed by atoms with van der Waals surface area (Å²) >= 11 is 5.75. The van der Waals surface area contributed by atoms with Gasteiger partial charge in [-0.05, 0) is 18.9 Å². The van der Waals surface area contributed by atoms with Gasteiger partial charge in [-0.15, -0.1) is 0 Å². The fraction of sp³-hybridized carbons (Fsp3) is 0.533. The van der Waals surface area contributed by atoms with Crippen LogP contribution in [-0.4, -0.2) is 35.7 Å². The van der Waals surface area contributed by atoms with Crippen molar-refractivity contribution in [3.8, 4) is 0 Å². The first-order chi connectivity index (χ1) is 10.4. The van der Waals surface area contributed by atoms with Gasteiger partial charge in [0.05, 0.1) is 16.8 Å². The number of nitrogens with zero attached hydrogens (tertiary/aromatic N) is 1. The Hall–Kier alpha value is -1.40. The molecule has 1 aromatic carbocycles. The largest absolute Gasteiger partial charge is 0.393 e. The molecule has 2 unspecified atom stereocenters. The number of hydrogen-bond donors (Lipinski definition) is 2. The van der Waals surface area contributed by atoms with E-state index in [1.807, 2.05) is 0 Å². The van der Waals surface area contributed by atoms with Crippen LogP contribution < -0.4 is 5.32 Å². The summed E-state index contributed by atoms with van der Waals surface area (Å²) in [4.78, 5) is 13.5. The van der Waals surface area contributed by atoms with Crippen LogP contribution in [-0.2, 0) is 0 Å². The minimum Gasteiger partial charge on any atom is -0.393 e. The lowest BCUT2D eigenvalue weighted by Crippen LogP contribution is -2.40. The van der Waals surface area contributed by atoms with Gasteiger partial charge in [-0.3, -0.25) is 0 Å². The number of carbonyl (C=O) groups excluding carboxylic acids is 1. The minimum atomic E-state index is -0.926. The van der Waals surface area contributed by atoms with Crippen LogP contribution in [0.3, 0.4) is 0 Å². The first-order valence-electron chi connectivity index (χ1n) is 7.23. The van der Waals surface area contributed by atoms with Gasteiger partial charge in [0.25, 0.3) is 0 Å². The van der Waals surface area contributed by atoms with E-state index in [1.165, 1.54) is 4.90 Å². The maximum Gasteiger partial charge on any atom is 0.321 e. The number of halogens is 3. The topological polar surface area (TPSA) is 52.6 Å². The van der Waals surface area contributed by atoms with Crippen molar-refractivity contribution >= 4 is 23.3 Å². The molecule has 122 valence electrons. The summed E-state index contributed by atoms with van der Waals surface area (Å²) in [5.41, 5.74) is -0.246. The fourth-order valence-electron chi connectivity index (χ4n) is 2.70. The normalized spacial score (nSPS) is 21.5. The van der Waals surface area contributed by atoms with Gasteiger partial charge in [-0.1, -0.05) is 24.4 Å². The van der Waals surface area contributed by atoms with Crippen LogP contribution in [0.5, 0.6) is 0 Å². The van der Waals surface area contributed by atoms with Crippen LogP contribution in [0, 0.1) is 17.6 Å². The maximum atomic E-state index is 13.7. The van der Waals surface area contributed by atoms with Crippen molar-refractivity contribution in [2.75, 3.05) is 18.9 Å². The van der Waals surface area contributed by atoms with Crippen molar-refractivity contribution in [2.45, 2.75) is 31.8 Å². The van der Waals surface area contributed by atoms with Gasteiger partial charge < -0.3 is 15.3 Å². The second-order valence-electron chi connectivity index (χ2n) is 5.67. The summed E-state index contributed by atoms with van der Waals surface area (Å²) in [5, 5.41) is 12.1. The predicted molar refractivity (Wildman–Crippen MR) is 81.0 cm³/mol. The zero-order valence-electron chi connectivity index (χ0n) is 12.3. The SMILES string of the molecule is CN(CC1CCCCC1O)C(=O)Nc1c(F)cc(F)cc1Cl. The maximum absolute atomic E-state index is 13.7. The quantitative estimate of drug-likeness (QED) is 0.888. The van der Waals surface area contributed by atoms with E-state index in [9.17, 15) is 18.7 Å². The second kappa shape index (κ2) is 7.24. The zero-order chi connectivity index (χ0) is 16.3. The lowest BCUT2D eigenvalue weighted by Gasteiger charge is -2.31. The number of aliphatic hydroxyl groups excluding tert-OH is 1. The molecule has 0 radical (unpaired) electrons. The number of rotatable bonds is 3. The molecule has 0 heterocycles. The molecule has 1 aromatic rings. The Morgan fingerprint density at radius 1 is 1.41 bits per heavy atom. The van der Waals surface area contributed by atoms with Gasteiger partial charge in [-0.25, -0.2) is 13.6 Å². The van der Waals surface area contributed by atoms with Crippen LogP contribution in [0.1, 0.15) is 25.7 Å². The lowest BCUT2D eigenvalue weighted by molar-refractivity contribution is 0.0575. The molecule has 2 atom stereocenters. The number of benzene rings is 1. The van der Waals surface area contributed by atoms with E-state index < -0.39 is 23.8 Å². The van der Waals surface area contributed by atoms with Crippen molar-refractivity contribution in [2.24, 2.45) is 5.92 Å². The van der Waals surface area contributed by atoms with Gasteiger partial charge >= 0.3 is 6.03 Å². The molecular weight excluding hydrogens is 314 g/mol. The number of anilines is 1. The van der Waals surface area contributed by atoms with E-state index in [-0.39, 0.29) is 16.6 Å². The third-order valence-electron chi connectivity index (χ3n) is 3.96. The molecule has 1 fully saturated rings. The molecule has 0 bridgehead atoms. The number of carbonyl (C=O) groups is 1. The van der Waals surface area contributed by atoms with Crippen LogP contribution in [0.2, 0.25) is 5.02 Å². The number of nitrogens with one attached hydrogen (secondary N) is 1. The smallest absolute Gasteiger partial charge is 0.321 e. The van der Waals surface area contributed by atoms with E-state index in [0.29, 0.717) is 12.6 Å². The van der Waals surface area contributed by atoms with Gasteiger partial charge in [0, 0.05) is 25.6 Å².